The number of carbonyl (C=O) groups excluding carboxylic acids is 1. The van der Waals surface area contributed by atoms with Crippen molar-refractivity contribution in [3.8, 4) is 6.07 Å². The molecule has 0 saturated carbocycles. The van der Waals surface area contributed by atoms with Gasteiger partial charge in [-0.1, -0.05) is 0 Å². The first kappa shape index (κ1) is 10.1. The molecule has 4 nitrogen and oxygen atoms in total. The van der Waals surface area contributed by atoms with Gasteiger partial charge in [-0.15, -0.1) is 0 Å². The van der Waals surface area contributed by atoms with E-state index in [9.17, 15) is 4.79 Å². The van der Waals surface area contributed by atoms with E-state index in [2.05, 4.69) is 4.74 Å². The van der Waals surface area contributed by atoms with Crippen molar-refractivity contribution in [1.82, 2.24) is 0 Å². The van der Waals surface area contributed by atoms with Gasteiger partial charge in [-0.25, -0.2) is 4.79 Å². The van der Waals surface area contributed by atoms with Crippen LogP contribution in [-0.4, -0.2) is 13.1 Å². The monoisotopic (exact) mass is 190 g/mol. The van der Waals surface area contributed by atoms with Crippen molar-refractivity contribution in [3.05, 3.63) is 29.3 Å². The molecule has 14 heavy (non-hydrogen) atoms. The molecule has 2 N–H and O–H groups in total. The Morgan fingerprint density at radius 2 is 2.36 bits per heavy atom. The summed E-state index contributed by atoms with van der Waals surface area (Å²) in [6.07, 6.45) is 0.148. The summed E-state index contributed by atoms with van der Waals surface area (Å²) in [4.78, 5) is 11.2. The number of benzene rings is 1. The Bertz CT molecular complexity index is 394. The number of carbonyl (C=O) groups is 1. The van der Waals surface area contributed by atoms with Gasteiger partial charge < -0.3 is 10.5 Å². The summed E-state index contributed by atoms with van der Waals surface area (Å²) in [6.45, 7) is 0. The molecule has 0 atom stereocenters. The summed E-state index contributed by atoms with van der Waals surface area (Å²) in [5.74, 6) is -0.449. The Balaban J connectivity index is 3.15. The predicted octanol–water partition coefficient (Wildman–Crippen LogP) is 1.12. The third-order valence-electron chi connectivity index (χ3n) is 1.80. The van der Waals surface area contributed by atoms with Gasteiger partial charge in [0.25, 0.3) is 0 Å². The lowest BCUT2D eigenvalue weighted by Gasteiger charge is -2.05. The van der Waals surface area contributed by atoms with Gasteiger partial charge in [0.1, 0.15) is 0 Å². The van der Waals surface area contributed by atoms with E-state index in [0.717, 1.165) is 0 Å². The number of anilines is 1. The normalized spacial score (nSPS) is 9.14. The molecular formula is C10H10N2O2. The molecule has 0 heterocycles. The molecule has 0 aliphatic heterocycles. The lowest BCUT2D eigenvalue weighted by atomic mass is 10.0. The molecule has 1 aromatic carbocycles. The van der Waals surface area contributed by atoms with Crippen LogP contribution in [0.4, 0.5) is 5.69 Å². The third-order valence-corrected chi connectivity index (χ3v) is 1.80. The van der Waals surface area contributed by atoms with Crippen LogP contribution in [0.3, 0.4) is 0 Å². The second-order valence-electron chi connectivity index (χ2n) is 2.74. The maximum absolute atomic E-state index is 11.2. The second-order valence-corrected chi connectivity index (χ2v) is 2.74. The Morgan fingerprint density at radius 1 is 1.64 bits per heavy atom. The number of ether oxygens (including phenoxy) is 1. The third kappa shape index (κ3) is 2.02. The van der Waals surface area contributed by atoms with Crippen molar-refractivity contribution in [2.45, 2.75) is 6.42 Å². The average molecular weight is 190 g/mol. The van der Waals surface area contributed by atoms with Gasteiger partial charge in [0.15, 0.2) is 0 Å². The first-order chi connectivity index (χ1) is 6.69. The van der Waals surface area contributed by atoms with Crippen LogP contribution in [0.25, 0.3) is 0 Å². The van der Waals surface area contributed by atoms with E-state index in [4.69, 9.17) is 11.0 Å². The summed E-state index contributed by atoms with van der Waals surface area (Å²) in [5, 5.41) is 8.55. The highest BCUT2D eigenvalue weighted by molar-refractivity contribution is 5.91. The van der Waals surface area contributed by atoms with Crippen molar-refractivity contribution >= 4 is 11.7 Å². The number of nitrogen functional groups attached to an aromatic ring is 1. The highest BCUT2D eigenvalue weighted by atomic mass is 16.5. The maximum Gasteiger partial charge on any atom is 0.338 e. The highest BCUT2D eigenvalue weighted by Crippen LogP contribution is 2.15. The summed E-state index contributed by atoms with van der Waals surface area (Å²) in [5.41, 5.74) is 7.06. The number of nitrogens with two attached hydrogens (primary N) is 1. The SMILES string of the molecule is COC(=O)c1ccc(N)cc1CC#N. The molecular weight excluding hydrogens is 180 g/mol. The van der Waals surface area contributed by atoms with Crippen LogP contribution in [0.15, 0.2) is 18.2 Å². The summed E-state index contributed by atoms with van der Waals surface area (Å²) in [6, 6.07) is 6.74. The molecule has 0 radical (unpaired) electrons. The van der Waals surface area contributed by atoms with Gasteiger partial charge in [-0.2, -0.15) is 5.26 Å². The number of hydrogen-bond donors (Lipinski definition) is 1. The van der Waals surface area contributed by atoms with Crippen LogP contribution < -0.4 is 5.73 Å². The maximum atomic E-state index is 11.2. The molecule has 4 heteroatoms. The zero-order valence-electron chi connectivity index (χ0n) is 7.78. The Labute approximate surface area is 81.9 Å². The van der Waals surface area contributed by atoms with E-state index in [1.165, 1.54) is 7.11 Å². The molecule has 0 amide bonds. The van der Waals surface area contributed by atoms with Crippen LogP contribution in [0.5, 0.6) is 0 Å². The van der Waals surface area contributed by atoms with E-state index >= 15 is 0 Å². The number of methoxy groups -OCH3 is 1. The predicted molar refractivity (Wildman–Crippen MR) is 51.5 cm³/mol. The van der Waals surface area contributed by atoms with Gasteiger partial charge in [-0.05, 0) is 23.8 Å². The molecule has 0 unspecified atom stereocenters. The zero-order valence-corrected chi connectivity index (χ0v) is 7.78. The quantitative estimate of drug-likeness (QED) is 0.560. The fraction of sp³-hybridized carbons (Fsp3) is 0.200. The molecule has 0 aliphatic carbocycles. The minimum atomic E-state index is -0.449. The van der Waals surface area contributed by atoms with Gasteiger partial charge in [0.05, 0.1) is 25.2 Å². The van der Waals surface area contributed by atoms with E-state index in [-0.39, 0.29) is 6.42 Å². The van der Waals surface area contributed by atoms with Gasteiger partial charge in [-0.3, -0.25) is 0 Å². The lowest BCUT2D eigenvalue weighted by molar-refractivity contribution is 0.0600. The molecule has 1 rings (SSSR count). The highest BCUT2D eigenvalue weighted by Gasteiger charge is 2.11. The summed E-state index contributed by atoms with van der Waals surface area (Å²) in [7, 11) is 1.30. The van der Waals surface area contributed by atoms with E-state index < -0.39 is 5.97 Å². The lowest BCUT2D eigenvalue weighted by Crippen LogP contribution is -2.06. The number of nitrogens with zero attached hydrogens (tertiary/aromatic N) is 1. The van der Waals surface area contributed by atoms with Crippen LogP contribution in [0.2, 0.25) is 0 Å². The molecule has 0 fully saturated rings. The van der Waals surface area contributed by atoms with Gasteiger partial charge in [0.2, 0.25) is 0 Å². The van der Waals surface area contributed by atoms with Crippen LogP contribution in [-0.2, 0) is 11.2 Å². The Kier molecular flexibility index (Phi) is 3.08. The molecule has 1 aromatic rings. The zero-order chi connectivity index (χ0) is 10.6. The molecule has 0 aromatic heterocycles. The summed E-state index contributed by atoms with van der Waals surface area (Å²) < 4.78 is 4.57. The first-order valence-corrected chi connectivity index (χ1v) is 4.02. The number of nitriles is 1. The smallest absolute Gasteiger partial charge is 0.338 e. The van der Waals surface area contributed by atoms with E-state index in [1.54, 1.807) is 18.2 Å². The molecule has 0 spiro atoms. The minimum absolute atomic E-state index is 0.148. The van der Waals surface area contributed by atoms with Crippen molar-refractivity contribution in [3.63, 3.8) is 0 Å². The average Bonchev–Trinajstić information content (AvgIpc) is 2.17. The minimum Gasteiger partial charge on any atom is -0.465 e. The fourth-order valence-corrected chi connectivity index (χ4v) is 1.15. The molecule has 72 valence electrons. The molecule has 0 saturated heterocycles. The second kappa shape index (κ2) is 4.28. The van der Waals surface area contributed by atoms with Gasteiger partial charge in [0, 0.05) is 5.69 Å². The van der Waals surface area contributed by atoms with Crippen molar-refractivity contribution in [1.29, 1.82) is 5.26 Å². The Morgan fingerprint density at radius 3 is 2.93 bits per heavy atom. The van der Waals surface area contributed by atoms with Crippen molar-refractivity contribution in [2.75, 3.05) is 12.8 Å². The van der Waals surface area contributed by atoms with Crippen molar-refractivity contribution in [2.24, 2.45) is 0 Å². The van der Waals surface area contributed by atoms with Crippen molar-refractivity contribution < 1.29 is 9.53 Å². The van der Waals surface area contributed by atoms with Gasteiger partial charge >= 0.3 is 5.97 Å². The van der Waals surface area contributed by atoms with E-state index in [1.807, 2.05) is 6.07 Å². The summed E-state index contributed by atoms with van der Waals surface area (Å²) >= 11 is 0. The molecule has 0 aliphatic rings. The van der Waals surface area contributed by atoms with Crippen LogP contribution >= 0.6 is 0 Å². The first-order valence-electron chi connectivity index (χ1n) is 4.02. The number of rotatable bonds is 2. The topological polar surface area (TPSA) is 76.1 Å². The Hall–Kier alpha value is -2.02. The van der Waals surface area contributed by atoms with Crippen LogP contribution in [0, 0.1) is 11.3 Å². The van der Waals surface area contributed by atoms with Crippen LogP contribution in [0.1, 0.15) is 15.9 Å². The molecule has 0 bridgehead atoms. The van der Waals surface area contributed by atoms with E-state index in [0.29, 0.717) is 16.8 Å². The largest absolute Gasteiger partial charge is 0.465 e. The number of esters is 1. The fourth-order valence-electron chi connectivity index (χ4n) is 1.15. The standard InChI is InChI=1S/C10H10N2O2/c1-14-10(13)9-3-2-8(12)6-7(9)4-5-11/h2-3,6H,4,12H2,1H3. The number of hydrogen-bond acceptors (Lipinski definition) is 4.